The number of nitrogens with two attached hydrogens (primary N) is 1. The van der Waals surface area contributed by atoms with E-state index >= 15 is 8.78 Å². The first-order valence-corrected chi connectivity index (χ1v) is 9.45. The predicted molar refractivity (Wildman–Crippen MR) is 105 cm³/mol. The van der Waals surface area contributed by atoms with E-state index in [-0.39, 0.29) is 30.3 Å². The fourth-order valence-electron chi connectivity index (χ4n) is 3.86. The number of aromatic carboxylic acids is 1. The molecule has 1 aromatic heterocycles. The molecule has 0 aliphatic carbocycles. The van der Waals surface area contributed by atoms with Crippen LogP contribution >= 0.6 is 0 Å². The highest BCUT2D eigenvalue weighted by molar-refractivity contribution is 5.99. The normalized spacial score (nSPS) is 16.7. The van der Waals surface area contributed by atoms with Gasteiger partial charge in [-0.25, -0.2) is 13.6 Å². The van der Waals surface area contributed by atoms with E-state index in [0.717, 1.165) is 6.20 Å². The van der Waals surface area contributed by atoms with Gasteiger partial charge in [0.25, 0.3) is 0 Å². The Morgan fingerprint density at radius 3 is 2.72 bits per heavy atom. The quantitative estimate of drug-likeness (QED) is 0.397. The SMILES string of the molecule is CCn1cc(C(=O)O)c(=O)c2c(N)c(F)c(N3CCC(CNCCO)C3)c(F)c21. The molecule has 0 radical (unpaired) electrons. The average Bonchev–Trinajstić information content (AvgIpc) is 3.14. The van der Waals surface area contributed by atoms with E-state index in [1.807, 2.05) is 0 Å². The number of anilines is 2. The summed E-state index contributed by atoms with van der Waals surface area (Å²) in [5.74, 6) is -3.33. The van der Waals surface area contributed by atoms with Gasteiger partial charge >= 0.3 is 5.97 Å². The number of carboxylic acid groups (broad SMARTS) is 1. The van der Waals surface area contributed by atoms with E-state index in [9.17, 15) is 14.7 Å². The Morgan fingerprint density at radius 1 is 1.38 bits per heavy atom. The number of aryl methyl sites for hydroxylation is 1. The Morgan fingerprint density at radius 2 is 2.10 bits per heavy atom. The minimum atomic E-state index is -1.49. The molecule has 5 N–H and O–H groups in total. The molecule has 29 heavy (non-hydrogen) atoms. The number of nitrogens with one attached hydrogen (secondary N) is 1. The largest absolute Gasteiger partial charge is 0.477 e. The van der Waals surface area contributed by atoms with Gasteiger partial charge in [0.2, 0.25) is 5.43 Å². The fraction of sp³-hybridized carbons (Fsp3) is 0.474. The first kappa shape index (κ1) is 21.0. The molecule has 8 nitrogen and oxygen atoms in total. The van der Waals surface area contributed by atoms with Crippen molar-refractivity contribution < 1.29 is 23.8 Å². The highest BCUT2D eigenvalue weighted by Gasteiger charge is 2.31. The van der Waals surface area contributed by atoms with Crippen LogP contribution in [0.5, 0.6) is 0 Å². The minimum absolute atomic E-state index is 0.00771. The minimum Gasteiger partial charge on any atom is -0.477 e. The number of benzene rings is 1. The molecular weight excluding hydrogens is 386 g/mol. The Kier molecular flexibility index (Phi) is 6.04. The van der Waals surface area contributed by atoms with Gasteiger partial charge in [0.05, 0.1) is 23.2 Å². The zero-order valence-electron chi connectivity index (χ0n) is 16.0. The molecule has 1 atom stereocenters. The summed E-state index contributed by atoms with van der Waals surface area (Å²) in [7, 11) is 0. The van der Waals surface area contributed by atoms with E-state index in [4.69, 9.17) is 10.8 Å². The maximum Gasteiger partial charge on any atom is 0.341 e. The lowest BCUT2D eigenvalue weighted by atomic mass is 10.1. The van der Waals surface area contributed by atoms with Crippen molar-refractivity contribution in [1.29, 1.82) is 0 Å². The van der Waals surface area contributed by atoms with Crippen molar-refractivity contribution in [3.63, 3.8) is 0 Å². The number of carbonyl (C=O) groups is 1. The van der Waals surface area contributed by atoms with Gasteiger partial charge in [0.15, 0.2) is 11.6 Å². The van der Waals surface area contributed by atoms with Crippen LogP contribution < -0.4 is 21.4 Å². The van der Waals surface area contributed by atoms with Crippen LogP contribution in [0, 0.1) is 17.6 Å². The first-order chi connectivity index (χ1) is 13.8. The van der Waals surface area contributed by atoms with Crippen molar-refractivity contribution in [2.24, 2.45) is 5.92 Å². The molecule has 0 amide bonds. The summed E-state index contributed by atoms with van der Waals surface area (Å²) in [5.41, 5.74) is 3.23. The number of fused-ring (bicyclic) bond motifs is 1. The number of nitrogens with zero attached hydrogens (tertiary/aromatic N) is 2. The molecular formula is C19H24F2N4O4. The van der Waals surface area contributed by atoms with Gasteiger partial charge < -0.3 is 30.7 Å². The summed E-state index contributed by atoms with van der Waals surface area (Å²) in [6.07, 6.45) is 1.76. The summed E-state index contributed by atoms with van der Waals surface area (Å²) in [6.45, 7) is 3.68. The summed E-state index contributed by atoms with van der Waals surface area (Å²) in [6, 6.07) is 0. The number of aromatic nitrogens is 1. The van der Waals surface area contributed by atoms with Crippen molar-refractivity contribution in [2.45, 2.75) is 19.9 Å². The fourth-order valence-corrected chi connectivity index (χ4v) is 3.86. The molecule has 158 valence electrons. The van der Waals surface area contributed by atoms with E-state index in [0.29, 0.717) is 32.6 Å². The summed E-state index contributed by atoms with van der Waals surface area (Å²) in [4.78, 5) is 25.5. The standard InChI is InChI=1S/C19H24F2N4O4/c1-2-24-9-11(19(28)29)18(27)12-15(22)13(20)17(14(21)16(12)24)25-5-3-10(8-25)7-23-4-6-26/h9-10,23,26H,2-8,22H2,1H3,(H,28,29). The van der Waals surface area contributed by atoms with Crippen molar-refractivity contribution in [1.82, 2.24) is 9.88 Å². The number of halogens is 2. The Labute approximate surface area is 165 Å². The summed E-state index contributed by atoms with van der Waals surface area (Å²) < 4.78 is 31.8. The first-order valence-electron chi connectivity index (χ1n) is 9.45. The molecule has 1 aromatic carbocycles. The van der Waals surface area contributed by atoms with Crippen LogP contribution in [-0.4, -0.2) is 53.5 Å². The van der Waals surface area contributed by atoms with Crippen molar-refractivity contribution in [3.8, 4) is 0 Å². The number of carboxylic acids is 1. The van der Waals surface area contributed by atoms with Crippen molar-refractivity contribution >= 4 is 28.2 Å². The topological polar surface area (TPSA) is 121 Å². The number of aliphatic hydroxyl groups excluding tert-OH is 1. The molecule has 2 heterocycles. The highest BCUT2D eigenvalue weighted by Crippen LogP contribution is 2.37. The van der Waals surface area contributed by atoms with Gasteiger partial charge in [-0.15, -0.1) is 0 Å². The molecule has 0 bridgehead atoms. The van der Waals surface area contributed by atoms with Crippen LogP contribution in [0.1, 0.15) is 23.7 Å². The number of hydrogen-bond acceptors (Lipinski definition) is 6. The Hall–Kier alpha value is -2.72. The number of pyridine rings is 1. The number of nitrogen functional groups attached to an aromatic ring is 1. The highest BCUT2D eigenvalue weighted by atomic mass is 19.1. The van der Waals surface area contributed by atoms with Crippen LogP contribution in [0.2, 0.25) is 0 Å². The van der Waals surface area contributed by atoms with Gasteiger partial charge in [0.1, 0.15) is 11.3 Å². The molecule has 10 heteroatoms. The second kappa shape index (κ2) is 8.34. The van der Waals surface area contributed by atoms with Crippen molar-refractivity contribution in [2.75, 3.05) is 43.4 Å². The maximum absolute atomic E-state index is 15.5. The van der Waals surface area contributed by atoms with Crippen LogP contribution in [0.25, 0.3) is 10.9 Å². The monoisotopic (exact) mass is 410 g/mol. The zero-order valence-corrected chi connectivity index (χ0v) is 16.0. The molecule has 0 spiro atoms. The molecule has 1 fully saturated rings. The Bertz CT molecular complexity index is 1010. The van der Waals surface area contributed by atoms with Gasteiger partial charge in [0, 0.05) is 32.4 Å². The molecule has 0 saturated carbocycles. The molecule has 1 unspecified atom stereocenters. The predicted octanol–water partition coefficient (Wildman–Crippen LogP) is 0.988. The van der Waals surface area contributed by atoms with Crippen LogP contribution in [-0.2, 0) is 6.54 Å². The third-order valence-electron chi connectivity index (χ3n) is 5.30. The van der Waals surface area contributed by atoms with E-state index in [1.54, 1.807) is 11.8 Å². The number of hydrogen-bond donors (Lipinski definition) is 4. The summed E-state index contributed by atoms with van der Waals surface area (Å²) >= 11 is 0. The van der Waals surface area contributed by atoms with Gasteiger partial charge in [-0.05, 0) is 25.8 Å². The average molecular weight is 410 g/mol. The Balaban J connectivity index is 2.13. The van der Waals surface area contributed by atoms with Crippen molar-refractivity contribution in [3.05, 3.63) is 33.6 Å². The number of rotatable bonds is 7. The van der Waals surface area contributed by atoms with Crippen LogP contribution in [0.3, 0.4) is 0 Å². The second-order valence-electron chi connectivity index (χ2n) is 7.11. The zero-order chi connectivity index (χ0) is 21.3. The van der Waals surface area contributed by atoms with Gasteiger partial charge in [-0.1, -0.05) is 0 Å². The van der Waals surface area contributed by atoms with Gasteiger partial charge in [-0.3, -0.25) is 4.79 Å². The summed E-state index contributed by atoms with van der Waals surface area (Å²) in [5, 5.41) is 20.7. The van der Waals surface area contributed by atoms with E-state index in [2.05, 4.69) is 5.32 Å². The molecule has 2 aromatic rings. The van der Waals surface area contributed by atoms with Crippen LogP contribution in [0.15, 0.2) is 11.0 Å². The maximum atomic E-state index is 15.5. The smallest absolute Gasteiger partial charge is 0.341 e. The lowest BCUT2D eigenvalue weighted by Gasteiger charge is -2.23. The second-order valence-corrected chi connectivity index (χ2v) is 7.11. The molecule has 1 saturated heterocycles. The lowest BCUT2D eigenvalue weighted by molar-refractivity contribution is 0.0695. The third-order valence-corrected chi connectivity index (χ3v) is 5.30. The lowest BCUT2D eigenvalue weighted by Crippen LogP contribution is -2.29. The molecule has 1 aliphatic heterocycles. The third kappa shape index (κ3) is 3.65. The molecule has 3 rings (SSSR count). The van der Waals surface area contributed by atoms with E-state index < -0.39 is 39.7 Å². The van der Waals surface area contributed by atoms with Crippen LogP contribution in [0.4, 0.5) is 20.2 Å². The van der Waals surface area contributed by atoms with E-state index in [1.165, 1.54) is 4.57 Å². The van der Waals surface area contributed by atoms with Gasteiger partial charge in [-0.2, -0.15) is 0 Å². The number of aliphatic hydroxyl groups is 1. The molecule has 1 aliphatic rings.